The van der Waals surface area contributed by atoms with Gasteiger partial charge in [0.15, 0.2) is 0 Å². The molecule has 1 aromatic carbocycles. The first-order valence-corrected chi connectivity index (χ1v) is 14.4. The zero-order chi connectivity index (χ0) is 29.9. The van der Waals surface area contributed by atoms with Crippen molar-refractivity contribution in [2.45, 2.75) is 57.2 Å². The molecule has 2 N–H and O–H groups in total. The highest BCUT2D eigenvalue weighted by Crippen LogP contribution is 2.33. The molecule has 224 valence electrons. The van der Waals surface area contributed by atoms with E-state index in [1.165, 1.54) is 12.8 Å². The summed E-state index contributed by atoms with van der Waals surface area (Å²) in [5.74, 6) is 0.908. The molecule has 1 aromatic heterocycles. The van der Waals surface area contributed by atoms with E-state index in [9.17, 15) is 22.8 Å². The van der Waals surface area contributed by atoms with Crippen LogP contribution in [0.1, 0.15) is 50.5 Å². The number of nitrogens with zero attached hydrogens (tertiary/aromatic N) is 4. The molecule has 0 bridgehead atoms. The first kappa shape index (κ1) is 29.5. The third kappa shape index (κ3) is 7.43. The lowest BCUT2D eigenvalue weighted by Gasteiger charge is -2.36. The van der Waals surface area contributed by atoms with Crippen LogP contribution in [-0.4, -0.2) is 70.2 Å². The Balaban J connectivity index is 1.24. The predicted octanol–water partition coefficient (Wildman–Crippen LogP) is 5.67. The second kappa shape index (κ2) is 12.5. The van der Waals surface area contributed by atoms with E-state index in [2.05, 4.69) is 35.0 Å². The fourth-order valence-electron chi connectivity index (χ4n) is 5.53. The number of hydrogen-bond acceptors (Lipinski definition) is 4. The summed E-state index contributed by atoms with van der Waals surface area (Å²) in [5.41, 5.74) is 4.93. The molecule has 3 aliphatic rings. The number of piperidine rings is 1. The predicted molar refractivity (Wildman–Crippen MR) is 157 cm³/mol. The lowest BCUT2D eigenvalue weighted by molar-refractivity contribution is -0.133. The molecule has 1 saturated heterocycles. The van der Waals surface area contributed by atoms with E-state index in [0.717, 1.165) is 53.8 Å². The third-order valence-electron chi connectivity index (χ3n) is 8.10. The Morgan fingerprint density at radius 2 is 1.95 bits per heavy atom. The van der Waals surface area contributed by atoms with Crippen molar-refractivity contribution >= 4 is 34.2 Å². The highest BCUT2D eigenvalue weighted by Gasteiger charge is 2.30. The fourth-order valence-corrected chi connectivity index (χ4v) is 5.53. The third-order valence-corrected chi connectivity index (χ3v) is 8.10. The molecule has 3 amide bonds. The maximum Gasteiger partial charge on any atom is 0.405 e. The van der Waals surface area contributed by atoms with Crippen LogP contribution in [-0.2, 0) is 4.79 Å². The van der Waals surface area contributed by atoms with Gasteiger partial charge in [0, 0.05) is 50.2 Å². The molecular weight excluding hydrogens is 545 g/mol. The minimum absolute atomic E-state index is 0.299. The molecule has 8 nitrogen and oxygen atoms in total. The van der Waals surface area contributed by atoms with E-state index in [1.807, 2.05) is 39.1 Å². The van der Waals surface area contributed by atoms with Gasteiger partial charge in [0.2, 0.25) is 5.91 Å². The Morgan fingerprint density at radius 1 is 1.19 bits per heavy atom. The van der Waals surface area contributed by atoms with Crippen molar-refractivity contribution in [1.29, 1.82) is 0 Å². The van der Waals surface area contributed by atoms with Gasteiger partial charge in [-0.1, -0.05) is 24.8 Å². The molecule has 0 unspecified atom stereocenters. The lowest BCUT2D eigenvalue weighted by atomic mass is 10.0. The summed E-state index contributed by atoms with van der Waals surface area (Å²) in [6.07, 6.45) is 11.0. The fraction of sp³-hybridized carbons (Fsp3) is 0.452. The smallest absolute Gasteiger partial charge is 0.377 e. The molecule has 0 radical (unpaired) electrons. The maximum absolute atomic E-state index is 12.5. The Kier molecular flexibility index (Phi) is 8.74. The molecule has 11 heteroatoms. The van der Waals surface area contributed by atoms with Crippen molar-refractivity contribution in [1.82, 2.24) is 30.0 Å². The number of nitrogens with one attached hydrogen (secondary N) is 2. The maximum atomic E-state index is 12.5. The molecule has 2 heterocycles. The van der Waals surface area contributed by atoms with Crippen molar-refractivity contribution < 1.29 is 22.8 Å². The van der Waals surface area contributed by atoms with E-state index in [4.69, 9.17) is 0 Å². The Morgan fingerprint density at radius 3 is 2.64 bits per heavy atom. The van der Waals surface area contributed by atoms with E-state index in [0.29, 0.717) is 42.8 Å². The van der Waals surface area contributed by atoms with Crippen molar-refractivity contribution in [2.75, 3.05) is 26.7 Å². The second-order valence-electron chi connectivity index (χ2n) is 11.3. The Hall–Kier alpha value is -4.02. The summed E-state index contributed by atoms with van der Waals surface area (Å²) in [5, 5.41) is 4.31. The molecule has 42 heavy (non-hydrogen) atoms. The zero-order valence-corrected chi connectivity index (χ0v) is 23.8. The average molecular weight is 583 g/mol. The van der Waals surface area contributed by atoms with Crippen LogP contribution in [0.5, 0.6) is 0 Å². The van der Waals surface area contributed by atoms with Crippen LogP contribution in [0.2, 0.25) is 0 Å². The number of rotatable bonds is 9. The number of urea groups is 1. The van der Waals surface area contributed by atoms with E-state index in [1.54, 1.807) is 18.5 Å². The summed E-state index contributed by atoms with van der Waals surface area (Å²) in [6.45, 7) is 4.22. The van der Waals surface area contributed by atoms with Gasteiger partial charge in [0.25, 0.3) is 0 Å². The molecule has 1 aliphatic heterocycles. The minimum atomic E-state index is -4.47. The van der Waals surface area contributed by atoms with Crippen LogP contribution in [0.4, 0.5) is 18.0 Å². The number of carbonyl (C=O) groups excluding carboxylic acids is 2. The summed E-state index contributed by atoms with van der Waals surface area (Å²) in [6, 6.07) is 5.45. The van der Waals surface area contributed by atoms with Gasteiger partial charge in [-0.05, 0) is 73.8 Å². The van der Waals surface area contributed by atoms with Crippen LogP contribution in [0.3, 0.4) is 0 Å². The van der Waals surface area contributed by atoms with Crippen molar-refractivity contribution in [3.8, 4) is 0 Å². The monoisotopic (exact) mass is 582 g/mol. The number of likely N-dealkylation sites (tertiary alicyclic amines) is 1. The van der Waals surface area contributed by atoms with Gasteiger partial charge in [-0.25, -0.2) is 9.78 Å². The molecule has 5 rings (SSSR count). The highest BCUT2D eigenvalue weighted by atomic mass is 19.4. The molecule has 2 aromatic rings. The molecule has 2 fully saturated rings. The Bertz CT molecular complexity index is 1430. The topological polar surface area (TPSA) is 82.5 Å². The second-order valence-corrected chi connectivity index (χ2v) is 11.3. The lowest BCUT2D eigenvalue weighted by Crippen LogP contribution is -2.44. The van der Waals surface area contributed by atoms with Crippen LogP contribution in [0.25, 0.3) is 22.3 Å². The zero-order valence-electron chi connectivity index (χ0n) is 23.8. The van der Waals surface area contributed by atoms with Gasteiger partial charge >= 0.3 is 12.2 Å². The number of fused-ring (bicyclic) bond motifs is 1. The normalized spacial score (nSPS) is 18.4. The van der Waals surface area contributed by atoms with E-state index >= 15 is 0 Å². The summed E-state index contributed by atoms with van der Waals surface area (Å²) >= 11 is 0. The average Bonchev–Trinajstić information content (AvgIpc) is 3.69. The number of benzene rings is 1. The van der Waals surface area contributed by atoms with Crippen molar-refractivity contribution in [3.63, 3.8) is 0 Å². The summed E-state index contributed by atoms with van der Waals surface area (Å²) in [7, 11) is 2.07. The quantitative estimate of drug-likeness (QED) is 0.374. The number of hydrogen-bond donors (Lipinski definition) is 2. The number of halogens is 3. The van der Waals surface area contributed by atoms with Crippen LogP contribution >= 0.6 is 0 Å². The standard InChI is InChI=1S/C31H37F3N6O2/c1-3-22(18-38(2)25-11-13-39(14-12-25)29(41)15-21-7-8-21)23-9-10-28-27(16-23)36-20-40(28)26-6-4-5-24(17-26)37-30(42)35-19-31(32,33)34/h3,5,9-10,16-18,20-21,25H,1,4,6-8,11-15,19H2,2H3,(H2,35,37,42)/b22-18+. The SMILES string of the molecule is C=C/C(=C\N(C)C1CCN(C(=O)CC2CC2)CC1)c1ccc2c(c1)ncn2C1=CC(NC(=O)NCC(F)(F)F)=CCC1. The first-order valence-electron chi connectivity index (χ1n) is 14.4. The van der Waals surface area contributed by atoms with Gasteiger partial charge in [-0.15, -0.1) is 0 Å². The van der Waals surface area contributed by atoms with Crippen LogP contribution in [0, 0.1) is 5.92 Å². The highest BCUT2D eigenvalue weighted by molar-refractivity contribution is 5.86. The van der Waals surface area contributed by atoms with E-state index in [-0.39, 0.29) is 0 Å². The Labute approximate surface area is 243 Å². The summed E-state index contributed by atoms with van der Waals surface area (Å²) < 4.78 is 39.2. The molecule has 0 spiro atoms. The summed E-state index contributed by atoms with van der Waals surface area (Å²) in [4.78, 5) is 33.2. The number of amides is 3. The van der Waals surface area contributed by atoms with Gasteiger partial charge in [0.05, 0.1) is 11.0 Å². The largest absolute Gasteiger partial charge is 0.405 e. The number of allylic oxidation sites excluding steroid dienone is 5. The van der Waals surface area contributed by atoms with E-state index < -0.39 is 18.8 Å². The van der Waals surface area contributed by atoms with Gasteiger partial charge < -0.3 is 25.0 Å². The number of imidazole rings is 1. The minimum Gasteiger partial charge on any atom is -0.377 e. The van der Waals surface area contributed by atoms with Gasteiger partial charge in [-0.2, -0.15) is 13.2 Å². The van der Waals surface area contributed by atoms with Crippen molar-refractivity contribution in [3.05, 3.63) is 66.8 Å². The van der Waals surface area contributed by atoms with Crippen molar-refractivity contribution in [2.24, 2.45) is 5.92 Å². The van der Waals surface area contributed by atoms with Crippen LogP contribution in [0.15, 0.2) is 61.2 Å². The molecular formula is C31H37F3N6O2. The van der Waals surface area contributed by atoms with Gasteiger partial charge in [-0.3, -0.25) is 4.79 Å². The van der Waals surface area contributed by atoms with Gasteiger partial charge in [0.1, 0.15) is 12.9 Å². The molecule has 0 atom stereocenters. The van der Waals surface area contributed by atoms with Crippen LogP contribution < -0.4 is 10.6 Å². The molecule has 2 aliphatic carbocycles. The number of aromatic nitrogens is 2. The number of alkyl halides is 3. The first-order chi connectivity index (χ1) is 20.1. The number of carbonyl (C=O) groups is 2. The molecule has 1 saturated carbocycles.